The highest BCUT2D eigenvalue weighted by Crippen LogP contribution is 2.27. The van der Waals surface area contributed by atoms with Gasteiger partial charge in [-0.25, -0.2) is 12.4 Å². The van der Waals surface area contributed by atoms with Crippen molar-refractivity contribution in [1.82, 2.24) is 3.97 Å². The van der Waals surface area contributed by atoms with Gasteiger partial charge in [-0.05, 0) is 36.7 Å². The lowest BCUT2D eigenvalue weighted by atomic mass is 10.1. The van der Waals surface area contributed by atoms with Gasteiger partial charge in [0.25, 0.3) is 10.0 Å². The van der Waals surface area contributed by atoms with Crippen LogP contribution in [0.5, 0.6) is 0 Å². The monoisotopic (exact) mass is 383 g/mol. The second-order valence-corrected chi connectivity index (χ2v) is 14.5. The van der Waals surface area contributed by atoms with Gasteiger partial charge in [0.1, 0.15) is 0 Å². The van der Waals surface area contributed by atoms with Crippen molar-refractivity contribution in [2.75, 3.05) is 0 Å². The van der Waals surface area contributed by atoms with Crippen molar-refractivity contribution in [2.45, 2.75) is 38.4 Å². The molecule has 0 saturated carbocycles. The molecule has 0 spiro atoms. The summed E-state index contributed by atoms with van der Waals surface area (Å²) >= 11 is 0. The lowest BCUT2D eigenvalue weighted by Gasteiger charge is -2.19. The van der Waals surface area contributed by atoms with Gasteiger partial charge in [0.15, 0.2) is 0 Å². The average molecular weight is 384 g/mol. The van der Waals surface area contributed by atoms with Gasteiger partial charge >= 0.3 is 0 Å². The van der Waals surface area contributed by atoms with E-state index in [1.165, 1.54) is 9.16 Å². The minimum absolute atomic E-state index is 0.322. The fourth-order valence-corrected chi connectivity index (χ4v) is 7.15. The zero-order valence-electron chi connectivity index (χ0n) is 15.9. The van der Waals surface area contributed by atoms with Gasteiger partial charge in [-0.15, -0.1) is 0 Å². The molecule has 26 heavy (non-hydrogen) atoms. The van der Waals surface area contributed by atoms with Crippen molar-refractivity contribution in [1.29, 1.82) is 0 Å². The van der Waals surface area contributed by atoms with E-state index in [9.17, 15) is 8.42 Å². The molecule has 3 nitrogen and oxygen atoms in total. The molecule has 0 aliphatic carbocycles. The summed E-state index contributed by atoms with van der Waals surface area (Å²) in [4.78, 5) is 0.322. The van der Waals surface area contributed by atoms with Crippen LogP contribution in [0.4, 0.5) is 0 Å². The highest BCUT2D eigenvalue weighted by molar-refractivity contribution is 7.90. The first-order chi connectivity index (χ1) is 12.1. The van der Waals surface area contributed by atoms with Gasteiger partial charge in [0.2, 0.25) is 0 Å². The number of aryl methyl sites for hydroxylation is 1. The maximum atomic E-state index is 13.3. The normalized spacial score (nSPS) is 12.3. The van der Waals surface area contributed by atoms with E-state index in [-0.39, 0.29) is 0 Å². The molecule has 0 unspecified atom stereocenters. The summed E-state index contributed by atoms with van der Waals surface area (Å²) < 4.78 is 28.0. The highest BCUT2D eigenvalue weighted by Gasteiger charge is 2.30. The zero-order chi connectivity index (χ0) is 19.1. The van der Waals surface area contributed by atoms with Gasteiger partial charge < -0.3 is 0 Å². The van der Waals surface area contributed by atoms with E-state index in [1.807, 2.05) is 56.3 Å². The van der Waals surface area contributed by atoms with Gasteiger partial charge in [-0.1, -0.05) is 67.7 Å². The van der Waals surface area contributed by atoms with Crippen molar-refractivity contribution in [2.24, 2.45) is 0 Å². The maximum absolute atomic E-state index is 13.3. The third kappa shape index (κ3) is 3.29. The summed E-state index contributed by atoms with van der Waals surface area (Å²) in [5.74, 6) is 0. The smallest absolute Gasteiger partial charge is 0.246 e. The summed E-state index contributed by atoms with van der Waals surface area (Å²) in [5, 5.41) is 1.19. The fraction of sp³-hybridized carbons (Fsp3) is 0.238. The standard InChI is InChI=1S/C21H25NO2SSi/c1-16-11-13-19(14-12-16)25(23,24)22-15-20(18-9-7-6-8-10-18)21(17(22)2)26(3,4)5/h6-15H,1-5H3. The molecule has 1 heterocycles. The Kier molecular flexibility index (Phi) is 4.71. The predicted octanol–water partition coefficient (Wildman–Crippen LogP) is 4.55. The van der Waals surface area contributed by atoms with Crippen molar-refractivity contribution >= 4 is 23.3 Å². The molecule has 3 rings (SSSR count). The van der Waals surface area contributed by atoms with E-state index in [0.717, 1.165) is 22.4 Å². The summed E-state index contributed by atoms with van der Waals surface area (Å²) in [6.45, 7) is 10.6. The van der Waals surface area contributed by atoms with E-state index >= 15 is 0 Å². The quantitative estimate of drug-likeness (QED) is 0.620. The van der Waals surface area contributed by atoms with Gasteiger partial charge in [-0.2, -0.15) is 0 Å². The van der Waals surface area contributed by atoms with E-state index in [2.05, 4.69) is 19.6 Å². The van der Waals surface area contributed by atoms with Gasteiger partial charge in [-0.3, -0.25) is 0 Å². The molecule has 5 heteroatoms. The highest BCUT2D eigenvalue weighted by atomic mass is 32.2. The number of aromatic nitrogens is 1. The topological polar surface area (TPSA) is 39.1 Å². The lowest BCUT2D eigenvalue weighted by molar-refractivity contribution is 0.586. The molecule has 0 aliphatic heterocycles. The van der Waals surface area contributed by atoms with Crippen LogP contribution in [0.25, 0.3) is 11.1 Å². The van der Waals surface area contributed by atoms with Crippen LogP contribution in [-0.2, 0) is 10.0 Å². The second-order valence-electron chi connectivity index (χ2n) is 7.73. The van der Waals surface area contributed by atoms with E-state index < -0.39 is 18.1 Å². The van der Waals surface area contributed by atoms with E-state index in [0.29, 0.717) is 4.90 Å². The van der Waals surface area contributed by atoms with Crippen LogP contribution in [0.2, 0.25) is 19.6 Å². The van der Waals surface area contributed by atoms with Gasteiger partial charge in [0.05, 0.1) is 13.0 Å². The summed E-state index contributed by atoms with van der Waals surface area (Å²) in [6.07, 6.45) is 1.80. The SMILES string of the molecule is Cc1ccc(S(=O)(=O)n2cc(-c3ccccc3)c([Si](C)(C)C)c2C)cc1. The molecule has 2 aromatic carbocycles. The van der Waals surface area contributed by atoms with Gasteiger partial charge in [0, 0.05) is 17.5 Å². The lowest BCUT2D eigenvalue weighted by Crippen LogP contribution is -2.40. The number of rotatable bonds is 4. The summed E-state index contributed by atoms with van der Waals surface area (Å²) in [6, 6.07) is 17.1. The molecule has 0 amide bonds. The number of benzene rings is 2. The molecule has 0 fully saturated rings. The fourth-order valence-electron chi connectivity index (χ4n) is 3.44. The number of nitrogens with zero attached hydrogens (tertiary/aromatic N) is 1. The molecule has 0 bridgehead atoms. The van der Waals surface area contributed by atoms with Crippen LogP contribution >= 0.6 is 0 Å². The van der Waals surface area contributed by atoms with E-state index in [1.54, 1.807) is 18.3 Å². The Labute approximate surface area is 157 Å². The van der Waals surface area contributed by atoms with Crippen LogP contribution in [-0.4, -0.2) is 20.5 Å². The molecule has 0 aliphatic rings. The minimum atomic E-state index is -3.62. The van der Waals surface area contributed by atoms with Crippen LogP contribution < -0.4 is 5.19 Å². The van der Waals surface area contributed by atoms with Crippen LogP contribution in [0.15, 0.2) is 65.7 Å². The molecule has 0 N–H and O–H groups in total. The Morgan fingerprint density at radius 3 is 1.96 bits per heavy atom. The Morgan fingerprint density at radius 1 is 0.846 bits per heavy atom. The summed E-state index contributed by atoms with van der Waals surface area (Å²) in [7, 11) is -5.38. The first kappa shape index (κ1) is 18.7. The minimum Gasteiger partial charge on any atom is -0.246 e. The van der Waals surface area contributed by atoms with Crippen LogP contribution in [0, 0.1) is 13.8 Å². The van der Waals surface area contributed by atoms with E-state index in [4.69, 9.17) is 0 Å². The summed E-state index contributed by atoms with van der Waals surface area (Å²) in [5.41, 5.74) is 3.95. The van der Waals surface area contributed by atoms with Crippen molar-refractivity contribution < 1.29 is 8.42 Å². The molecular formula is C21H25NO2SSi. The average Bonchev–Trinajstić information content (AvgIpc) is 2.94. The predicted molar refractivity (Wildman–Crippen MR) is 111 cm³/mol. The van der Waals surface area contributed by atoms with Crippen LogP contribution in [0.3, 0.4) is 0 Å². The van der Waals surface area contributed by atoms with Crippen molar-refractivity contribution in [3.63, 3.8) is 0 Å². The number of hydrogen-bond donors (Lipinski definition) is 0. The van der Waals surface area contributed by atoms with Crippen molar-refractivity contribution in [3.05, 3.63) is 72.1 Å². The largest absolute Gasteiger partial charge is 0.267 e. The Balaban J connectivity index is 2.27. The molecule has 136 valence electrons. The van der Waals surface area contributed by atoms with Crippen molar-refractivity contribution in [3.8, 4) is 11.1 Å². The first-order valence-corrected chi connectivity index (χ1v) is 13.7. The molecule has 1 aromatic heterocycles. The Bertz CT molecular complexity index is 1030. The molecule has 0 atom stereocenters. The third-order valence-corrected chi connectivity index (χ3v) is 8.52. The third-order valence-electron chi connectivity index (χ3n) is 4.62. The molecule has 0 saturated heterocycles. The Morgan fingerprint density at radius 2 is 1.42 bits per heavy atom. The second kappa shape index (κ2) is 6.56. The number of hydrogen-bond acceptors (Lipinski definition) is 2. The zero-order valence-corrected chi connectivity index (χ0v) is 17.8. The Hall–Kier alpha value is -2.11. The maximum Gasteiger partial charge on any atom is 0.267 e. The van der Waals surface area contributed by atoms with Crippen LogP contribution in [0.1, 0.15) is 11.3 Å². The molecule has 3 aromatic rings. The first-order valence-electron chi connectivity index (χ1n) is 8.72. The molecule has 0 radical (unpaired) electrons. The molecular weight excluding hydrogens is 358 g/mol.